The molecule has 0 aliphatic heterocycles. The van der Waals surface area contributed by atoms with Gasteiger partial charge >= 0.3 is 0 Å². The predicted molar refractivity (Wildman–Crippen MR) is 78.5 cm³/mol. The van der Waals surface area contributed by atoms with Crippen molar-refractivity contribution in [3.63, 3.8) is 0 Å². The highest BCUT2D eigenvalue weighted by Gasteiger charge is 2.37. The van der Waals surface area contributed by atoms with E-state index in [1.54, 1.807) is 0 Å². The Labute approximate surface area is 112 Å². The Bertz CT molecular complexity index is 406. The van der Waals surface area contributed by atoms with Crippen molar-refractivity contribution in [2.24, 2.45) is 17.1 Å². The van der Waals surface area contributed by atoms with Gasteiger partial charge in [-0.15, -0.1) is 0 Å². The van der Waals surface area contributed by atoms with Crippen LogP contribution in [-0.4, -0.2) is 0 Å². The topological polar surface area (TPSA) is 26.0 Å². The van der Waals surface area contributed by atoms with E-state index in [0.29, 0.717) is 5.41 Å². The molecule has 1 fully saturated rings. The van der Waals surface area contributed by atoms with Gasteiger partial charge in [0.1, 0.15) is 0 Å². The fourth-order valence-electron chi connectivity index (χ4n) is 3.40. The highest BCUT2D eigenvalue weighted by molar-refractivity contribution is 5.32. The fraction of sp³-hybridized carbons (Fsp3) is 0.647. The van der Waals surface area contributed by atoms with E-state index in [9.17, 15) is 0 Å². The van der Waals surface area contributed by atoms with Crippen LogP contribution in [0.4, 0.5) is 0 Å². The van der Waals surface area contributed by atoms with Gasteiger partial charge in [0, 0.05) is 5.54 Å². The Morgan fingerprint density at radius 3 is 2.17 bits per heavy atom. The molecular weight excluding hydrogens is 218 g/mol. The monoisotopic (exact) mass is 245 g/mol. The minimum absolute atomic E-state index is 0.0902. The molecule has 0 amide bonds. The highest BCUT2D eigenvalue weighted by atomic mass is 14.8. The van der Waals surface area contributed by atoms with Crippen LogP contribution in [0.5, 0.6) is 0 Å². The van der Waals surface area contributed by atoms with E-state index in [1.165, 1.54) is 24.0 Å². The van der Waals surface area contributed by atoms with Crippen molar-refractivity contribution in [2.45, 2.75) is 58.9 Å². The van der Waals surface area contributed by atoms with Gasteiger partial charge in [-0.2, -0.15) is 0 Å². The molecule has 0 atom stereocenters. The molecule has 1 aliphatic carbocycles. The molecule has 0 saturated heterocycles. The van der Waals surface area contributed by atoms with Crippen LogP contribution in [0.15, 0.2) is 24.3 Å². The summed E-state index contributed by atoms with van der Waals surface area (Å²) in [5, 5.41) is 0. The largest absolute Gasteiger partial charge is 0.321 e. The van der Waals surface area contributed by atoms with Gasteiger partial charge < -0.3 is 5.73 Å². The first-order valence-corrected chi connectivity index (χ1v) is 7.18. The second-order valence-electron chi connectivity index (χ2n) is 7.11. The average Bonchev–Trinajstić information content (AvgIpc) is 2.28. The lowest BCUT2D eigenvalue weighted by Crippen LogP contribution is -2.42. The van der Waals surface area contributed by atoms with Crippen molar-refractivity contribution in [3.05, 3.63) is 35.4 Å². The average molecular weight is 245 g/mol. The third-order valence-corrected chi connectivity index (χ3v) is 4.78. The Kier molecular flexibility index (Phi) is 3.55. The Morgan fingerprint density at radius 2 is 1.67 bits per heavy atom. The highest BCUT2D eigenvalue weighted by Crippen LogP contribution is 2.44. The van der Waals surface area contributed by atoms with Crippen LogP contribution in [0.3, 0.4) is 0 Å². The zero-order chi connectivity index (χ0) is 13.4. The van der Waals surface area contributed by atoms with Crippen molar-refractivity contribution in [1.29, 1.82) is 0 Å². The number of hydrogen-bond acceptors (Lipinski definition) is 1. The smallest absolute Gasteiger partial charge is 0.0412 e. The molecule has 18 heavy (non-hydrogen) atoms. The summed E-state index contributed by atoms with van der Waals surface area (Å²) in [6.45, 7) is 9.25. The molecule has 0 aromatic heterocycles. The zero-order valence-corrected chi connectivity index (χ0v) is 12.3. The maximum atomic E-state index is 6.69. The molecule has 2 rings (SSSR count). The number of hydrogen-bond donors (Lipinski definition) is 1. The van der Waals surface area contributed by atoms with Crippen LogP contribution >= 0.6 is 0 Å². The summed E-state index contributed by atoms with van der Waals surface area (Å²) < 4.78 is 0. The third kappa shape index (κ3) is 2.61. The van der Waals surface area contributed by atoms with E-state index in [1.807, 2.05) is 0 Å². The second-order valence-corrected chi connectivity index (χ2v) is 7.11. The van der Waals surface area contributed by atoms with Crippen molar-refractivity contribution in [2.75, 3.05) is 0 Å². The van der Waals surface area contributed by atoms with Crippen molar-refractivity contribution < 1.29 is 0 Å². The quantitative estimate of drug-likeness (QED) is 0.780. The van der Waals surface area contributed by atoms with Gasteiger partial charge in [0.05, 0.1) is 0 Å². The maximum Gasteiger partial charge on any atom is 0.0412 e. The summed E-state index contributed by atoms with van der Waals surface area (Å²) in [6, 6.07) is 8.61. The van der Waals surface area contributed by atoms with E-state index in [4.69, 9.17) is 5.73 Å². The van der Waals surface area contributed by atoms with Gasteiger partial charge in [-0.05, 0) is 55.1 Å². The molecule has 1 saturated carbocycles. The normalized spacial score (nSPS) is 29.3. The first-order chi connectivity index (χ1) is 8.33. The molecule has 100 valence electrons. The molecule has 1 aromatic rings. The van der Waals surface area contributed by atoms with Gasteiger partial charge in [-0.3, -0.25) is 0 Å². The Hall–Kier alpha value is -0.820. The Balaban J connectivity index is 2.15. The molecule has 1 nitrogen and oxygen atoms in total. The molecular formula is C17H27N. The van der Waals surface area contributed by atoms with E-state index in [-0.39, 0.29) is 5.54 Å². The van der Waals surface area contributed by atoms with Crippen LogP contribution in [0.1, 0.15) is 57.6 Å². The molecule has 1 aromatic carbocycles. The summed E-state index contributed by atoms with van der Waals surface area (Å²) in [5.41, 5.74) is 9.72. The first-order valence-electron chi connectivity index (χ1n) is 7.18. The summed E-state index contributed by atoms with van der Waals surface area (Å²) in [6.07, 6.45) is 4.77. The lowest BCUT2D eigenvalue weighted by atomic mass is 9.65. The van der Waals surface area contributed by atoms with Gasteiger partial charge in [-0.1, -0.05) is 45.0 Å². The maximum absolute atomic E-state index is 6.69. The molecule has 0 bridgehead atoms. The van der Waals surface area contributed by atoms with Crippen LogP contribution in [0.2, 0.25) is 0 Å². The van der Waals surface area contributed by atoms with Gasteiger partial charge in [0.25, 0.3) is 0 Å². The van der Waals surface area contributed by atoms with Crippen LogP contribution in [0, 0.1) is 18.3 Å². The Morgan fingerprint density at radius 1 is 1.11 bits per heavy atom. The van der Waals surface area contributed by atoms with Gasteiger partial charge in [-0.25, -0.2) is 0 Å². The molecule has 1 aliphatic rings. The minimum atomic E-state index is -0.0902. The third-order valence-electron chi connectivity index (χ3n) is 4.78. The minimum Gasteiger partial charge on any atom is -0.321 e. The standard InChI is InChI=1S/C17H27N/c1-13-7-5-6-8-15(13)17(18)11-9-14(10-12-17)16(2,3)4/h5-8,14H,9-12,18H2,1-4H3. The zero-order valence-electron chi connectivity index (χ0n) is 12.3. The van der Waals surface area contributed by atoms with E-state index < -0.39 is 0 Å². The number of rotatable bonds is 1. The number of aryl methyl sites for hydroxylation is 1. The summed E-state index contributed by atoms with van der Waals surface area (Å²) in [5.74, 6) is 0.818. The molecule has 0 unspecified atom stereocenters. The number of nitrogens with two attached hydrogens (primary N) is 1. The van der Waals surface area contributed by atoms with Crippen molar-refractivity contribution >= 4 is 0 Å². The van der Waals surface area contributed by atoms with Gasteiger partial charge in [0.15, 0.2) is 0 Å². The lowest BCUT2D eigenvalue weighted by molar-refractivity contribution is 0.133. The molecule has 0 radical (unpaired) electrons. The predicted octanol–water partition coefficient (Wildman–Crippen LogP) is 4.39. The van der Waals surface area contributed by atoms with Crippen LogP contribution < -0.4 is 5.73 Å². The SMILES string of the molecule is Cc1ccccc1C1(N)CCC(C(C)(C)C)CC1. The summed E-state index contributed by atoms with van der Waals surface area (Å²) in [7, 11) is 0. The molecule has 0 spiro atoms. The van der Waals surface area contributed by atoms with Crippen LogP contribution in [0.25, 0.3) is 0 Å². The van der Waals surface area contributed by atoms with E-state index >= 15 is 0 Å². The van der Waals surface area contributed by atoms with E-state index in [0.717, 1.165) is 18.8 Å². The second kappa shape index (κ2) is 4.70. The van der Waals surface area contributed by atoms with E-state index in [2.05, 4.69) is 52.0 Å². The van der Waals surface area contributed by atoms with Gasteiger partial charge in [0.2, 0.25) is 0 Å². The summed E-state index contributed by atoms with van der Waals surface area (Å²) >= 11 is 0. The molecule has 0 heterocycles. The fourth-order valence-corrected chi connectivity index (χ4v) is 3.40. The van der Waals surface area contributed by atoms with Crippen molar-refractivity contribution in [1.82, 2.24) is 0 Å². The molecule has 2 N–H and O–H groups in total. The van der Waals surface area contributed by atoms with Crippen molar-refractivity contribution in [3.8, 4) is 0 Å². The van der Waals surface area contributed by atoms with Crippen LogP contribution in [-0.2, 0) is 5.54 Å². The summed E-state index contributed by atoms with van der Waals surface area (Å²) in [4.78, 5) is 0. The lowest BCUT2D eigenvalue weighted by Gasteiger charge is -2.43. The molecule has 1 heteroatoms. The number of benzene rings is 1. The first kappa shape index (κ1) is 13.6.